The molecule has 0 saturated carbocycles. The molecule has 0 aliphatic carbocycles. The maximum absolute atomic E-state index is 6.24. The van der Waals surface area contributed by atoms with E-state index in [-0.39, 0.29) is 0 Å². The minimum absolute atomic E-state index is 0.626. The van der Waals surface area contributed by atoms with Crippen LogP contribution in [0.4, 0.5) is 17.1 Å². The second-order valence-corrected chi connectivity index (χ2v) is 12.8. The number of furan rings is 1. The zero-order valence-corrected chi connectivity index (χ0v) is 27.1. The second kappa shape index (κ2) is 11.5. The first kappa shape index (κ1) is 28.3. The zero-order chi connectivity index (χ0) is 33.0. The Morgan fingerprint density at radius 1 is 0.420 bits per heavy atom. The van der Waals surface area contributed by atoms with Crippen LogP contribution < -0.4 is 4.90 Å². The highest BCUT2D eigenvalue weighted by atomic mass is 16.3. The van der Waals surface area contributed by atoms with Gasteiger partial charge in [0, 0.05) is 23.0 Å². The minimum atomic E-state index is 0.626. The highest BCUT2D eigenvalue weighted by Gasteiger charge is 2.20. The van der Waals surface area contributed by atoms with E-state index in [0.29, 0.717) is 5.71 Å². The normalized spacial score (nSPS) is 11.6. The van der Waals surface area contributed by atoms with Gasteiger partial charge in [0.2, 0.25) is 5.71 Å². The smallest absolute Gasteiger partial charge is 0.229 e. The lowest BCUT2D eigenvalue weighted by Crippen LogP contribution is -2.10. The number of hydrogen-bond acceptors (Lipinski definition) is 3. The molecule has 0 fully saturated rings. The Bertz CT molecular complexity index is 2840. The molecule has 0 spiro atoms. The SMILES string of the molecule is c1ccc(-c2ccc(N(c3ccc(-c4cc5ccccc5c5c4ccc4ccccc45)cc3)c3ccnc4oc5ccccc5c34)cc2)cc1. The van der Waals surface area contributed by atoms with E-state index >= 15 is 0 Å². The molecule has 0 saturated heterocycles. The van der Waals surface area contributed by atoms with Crippen molar-refractivity contribution in [3.05, 3.63) is 182 Å². The molecule has 2 heterocycles. The number of hydrogen-bond donors (Lipinski definition) is 0. The van der Waals surface area contributed by atoms with Gasteiger partial charge in [0.25, 0.3) is 0 Å². The number of aromatic nitrogens is 1. The Hall–Kier alpha value is -6.71. The minimum Gasteiger partial charge on any atom is -0.438 e. The highest BCUT2D eigenvalue weighted by Crippen LogP contribution is 2.44. The molecule has 3 nitrogen and oxygen atoms in total. The van der Waals surface area contributed by atoms with Crippen molar-refractivity contribution in [1.82, 2.24) is 4.98 Å². The molecule has 0 atom stereocenters. The van der Waals surface area contributed by atoms with Crippen LogP contribution in [-0.2, 0) is 0 Å². The van der Waals surface area contributed by atoms with Crippen LogP contribution in [0.5, 0.6) is 0 Å². The third-order valence-corrected chi connectivity index (χ3v) is 9.92. The largest absolute Gasteiger partial charge is 0.438 e. The number of anilines is 3. The summed E-state index contributed by atoms with van der Waals surface area (Å²) >= 11 is 0. The first-order chi connectivity index (χ1) is 24.8. The van der Waals surface area contributed by atoms with Crippen molar-refractivity contribution < 1.29 is 4.42 Å². The number of para-hydroxylation sites is 1. The molecule has 0 radical (unpaired) electrons. The fraction of sp³-hybridized carbons (Fsp3) is 0. The predicted molar refractivity (Wildman–Crippen MR) is 210 cm³/mol. The summed E-state index contributed by atoms with van der Waals surface area (Å²) in [4.78, 5) is 6.95. The van der Waals surface area contributed by atoms with Crippen LogP contribution in [0.15, 0.2) is 187 Å². The fourth-order valence-corrected chi connectivity index (χ4v) is 7.58. The molecule has 0 bridgehead atoms. The van der Waals surface area contributed by atoms with Gasteiger partial charge in [-0.05, 0) is 97.0 Å². The van der Waals surface area contributed by atoms with Crippen LogP contribution >= 0.6 is 0 Å². The Morgan fingerprint density at radius 3 is 1.78 bits per heavy atom. The highest BCUT2D eigenvalue weighted by molar-refractivity contribution is 6.24. The lowest BCUT2D eigenvalue weighted by molar-refractivity contribution is 0.654. The van der Waals surface area contributed by atoms with Crippen molar-refractivity contribution in [2.24, 2.45) is 0 Å². The fourth-order valence-electron chi connectivity index (χ4n) is 7.58. The molecule has 8 aromatic carbocycles. The van der Waals surface area contributed by atoms with Gasteiger partial charge in [0.1, 0.15) is 5.58 Å². The van der Waals surface area contributed by atoms with Crippen LogP contribution in [0, 0.1) is 0 Å². The summed E-state index contributed by atoms with van der Waals surface area (Å²) in [5, 5.41) is 9.63. The molecule has 0 aliphatic heterocycles. The molecule has 0 aliphatic rings. The predicted octanol–water partition coefficient (Wildman–Crippen LogP) is 13.2. The van der Waals surface area contributed by atoms with E-state index in [9.17, 15) is 0 Å². The summed E-state index contributed by atoms with van der Waals surface area (Å²) in [5.74, 6) is 0. The summed E-state index contributed by atoms with van der Waals surface area (Å²) < 4.78 is 6.24. The number of pyridine rings is 1. The van der Waals surface area contributed by atoms with E-state index < -0.39 is 0 Å². The average molecular weight is 639 g/mol. The molecule has 0 unspecified atom stereocenters. The number of rotatable bonds is 5. The van der Waals surface area contributed by atoms with Crippen LogP contribution in [0.3, 0.4) is 0 Å². The molecular formula is C47H30N2O. The number of nitrogens with zero attached hydrogens (tertiary/aromatic N) is 2. The third kappa shape index (κ3) is 4.56. The van der Waals surface area contributed by atoms with Crippen LogP contribution in [0.1, 0.15) is 0 Å². The lowest BCUT2D eigenvalue weighted by Gasteiger charge is -2.26. The summed E-state index contributed by atoms with van der Waals surface area (Å²) in [7, 11) is 0. The van der Waals surface area contributed by atoms with Gasteiger partial charge in [-0.2, -0.15) is 0 Å². The standard InChI is InChI=1S/C47H30N2O/c1-2-10-31(11-3-1)32-18-23-36(24-19-32)49(43-28-29-48-47-46(43)41-16-8-9-17-44(41)50-47)37-25-20-34(21-26-37)42-30-35-13-5-7-15-39(35)45-38-14-6-4-12-33(38)22-27-40(42)45/h1-30H. The van der Waals surface area contributed by atoms with Crippen molar-refractivity contribution in [1.29, 1.82) is 0 Å². The quantitative estimate of drug-likeness (QED) is 0.176. The van der Waals surface area contributed by atoms with Crippen LogP contribution in [0.2, 0.25) is 0 Å². The molecule has 10 rings (SSSR count). The van der Waals surface area contributed by atoms with Gasteiger partial charge in [0.05, 0.1) is 11.1 Å². The van der Waals surface area contributed by atoms with E-state index in [2.05, 4.69) is 174 Å². The monoisotopic (exact) mass is 638 g/mol. The van der Waals surface area contributed by atoms with E-state index in [4.69, 9.17) is 4.42 Å². The van der Waals surface area contributed by atoms with Crippen molar-refractivity contribution in [2.45, 2.75) is 0 Å². The lowest BCUT2D eigenvalue weighted by atomic mass is 9.90. The van der Waals surface area contributed by atoms with Gasteiger partial charge in [-0.15, -0.1) is 0 Å². The summed E-state index contributed by atoms with van der Waals surface area (Å²) in [6.07, 6.45) is 1.84. The molecule has 0 N–H and O–H groups in total. The van der Waals surface area contributed by atoms with Crippen molar-refractivity contribution in [3.8, 4) is 22.3 Å². The molecule has 50 heavy (non-hydrogen) atoms. The summed E-state index contributed by atoms with van der Waals surface area (Å²) in [5.41, 5.74) is 9.34. The summed E-state index contributed by atoms with van der Waals surface area (Å²) in [6.45, 7) is 0. The van der Waals surface area contributed by atoms with Gasteiger partial charge in [-0.3, -0.25) is 0 Å². The second-order valence-electron chi connectivity index (χ2n) is 12.8. The zero-order valence-electron chi connectivity index (χ0n) is 27.1. The maximum atomic E-state index is 6.24. The molecule has 3 heteroatoms. The van der Waals surface area contributed by atoms with Crippen LogP contribution in [-0.4, -0.2) is 4.98 Å². The van der Waals surface area contributed by atoms with Gasteiger partial charge in [-0.1, -0.05) is 133 Å². The van der Waals surface area contributed by atoms with Gasteiger partial charge >= 0.3 is 0 Å². The Balaban J connectivity index is 1.16. The van der Waals surface area contributed by atoms with E-state index in [1.807, 2.05) is 18.3 Å². The summed E-state index contributed by atoms with van der Waals surface area (Å²) in [6, 6.07) is 62.8. The first-order valence-corrected chi connectivity index (χ1v) is 17.0. The number of benzene rings is 8. The molecule has 0 amide bonds. The number of fused-ring (bicyclic) bond motifs is 8. The van der Waals surface area contributed by atoms with E-state index in [1.165, 1.54) is 54.6 Å². The molecule has 10 aromatic rings. The van der Waals surface area contributed by atoms with Crippen LogP contribution in [0.25, 0.3) is 76.6 Å². The molecular weight excluding hydrogens is 609 g/mol. The first-order valence-electron chi connectivity index (χ1n) is 17.0. The maximum Gasteiger partial charge on any atom is 0.229 e. The van der Waals surface area contributed by atoms with Gasteiger partial charge in [0.15, 0.2) is 0 Å². The average Bonchev–Trinajstić information content (AvgIpc) is 3.58. The van der Waals surface area contributed by atoms with Gasteiger partial charge < -0.3 is 9.32 Å². The van der Waals surface area contributed by atoms with Gasteiger partial charge in [-0.25, -0.2) is 4.98 Å². The Kier molecular flexibility index (Phi) is 6.49. The Morgan fingerprint density at radius 2 is 1.02 bits per heavy atom. The third-order valence-electron chi connectivity index (χ3n) is 9.92. The van der Waals surface area contributed by atoms with E-state index in [0.717, 1.165) is 33.4 Å². The molecule has 2 aromatic heterocycles. The Labute approximate surface area is 289 Å². The topological polar surface area (TPSA) is 29.3 Å². The van der Waals surface area contributed by atoms with Crippen molar-refractivity contribution >= 4 is 71.4 Å². The van der Waals surface area contributed by atoms with E-state index in [1.54, 1.807) is 0 Å². The van der Waals surface area contributed by atoms with Crippen molar-refractivity contribution in [2.75, 3.05) is 4.90 Å². The molecule has 234 valence electrons. The van der Waals surface area contributed by atoms with Crippen molar-refractivity contribution in [3.63, 3.8) is 0 Å².